The average molecular weight is 486 g/mol. The van der Waals surface area contributed by atoms with E-state index in [0.717, 1.165) is 34.6 Å². The molecule has 1 aliphatic heterocycles. The molecule has 0 atom stereocenters. The summed E-state index contributed by atoms with van der Waals surface area (Å²) in [6.07, 6.45) is 2.56. The molecule has 182 valence electrons. The maximum absolute atomic E-state index is 13.6. The van der Waals surface area contributed by atoms with E-state index < -0.39 is 5.97 Å². The van der Waals surface area contributed by atoms with E-state index in [1.807, 2.05) is 18.9 Å². The number of thioether (sulfide) groups is 1. The lowest BCUT2D eigenvalue weighted by molar-refractivity contribution is 0.0560. The average Bonchev–Trinajstić information content (AvgIpc) is 3.29. The van der Waals surface area contributed by atoms with Gasteiger partial charge in [0.25, 0.3) is 5.91 Å². The topological polar surface area (TPSA) is 93.7 Å². The maximum Gasteiger partial charge on any atom is 0.373 e. The Labute approximate surface area is 203 Å². The molecule has 1 saturated heterocycles. The summed E-state index contributed by atoms with van der Waals surface area (Å²) in [4.78, 5) is 35.0. The quantitative estimate of drug-likeness (QED) is 0.387. The normalized spacial score (nSPS) is 15.2. The molecule has 0 N–H and O–H groups in total. The number of carbonyl (C=O) groups is 2. The molecule has 3 aromatic heterocycles. The molecule has 1 amide bonds. The number of nitrogens with zero attached hydrogens (tertiary/aromatic N) is 5. The Morgan fingerprint density at radius 2 is 2.00 bits per heavy atom. The SMILES string of the molecule is COC(=O)c1ccc(CN2CCCN(C(=O)c3cnc4c(c(C)nn4C)c3SC(C)C)CC2)o1. The Morgan fingerprint density at radius 3 is 2.74 bits per heavy atom. The van der Waals surface area contributed by atoms with E-state index in [4.69, 9.17) is 9.15 Å². The minimum Gasteiger partial charge on any atom is -0.463 e. The van der Waals surface area contributed by atoms with E-state index in [-0.39, 0.29) is 11.7 Å². The highest BCUT2D eigenvalue weighted by molar-refractivity contribution is 8.00. The van der Waals surface area contributed by atoms with Crippen molar-refractivity contribution in [2.45, 2.75) is 43.9 Å². The molecule has 0 aliphatic carbocycles. The molecule has 0 aromatic carbocycles. The molecule has 0 saturated carbocycles. The van der Waals surface area contributed by atoms with E-state index in [0.29, 0.717) is 42.8 Å². The first kappa shape index (κ1) is 24.3. The van der Waals surface area contributed by atoms with Crippen LogP contribution >= 0.6 is 11.8 Å². The molecular formula is C24H31N5O4S. The van der Waals surface area contributed by atoms with Gasteiger partial charge < -0.3 is 14.1 Å². The third-order valence-electron chi connectivity index (χ3n) is 5.87. The fraction of sp³-hybridized carbons (Fsp3) is 0.500. The van der Waals surface area contributed by atoms with Gasteiger partial charge in [0.2, 0.25) is 5.76 Å². The van der Waals surface area contributed by atoms with Gasteiger partial charge in [0.15, 0.2) is 5.65 Å². The second-order valence-electron chi connectivity index (χ2n) is 8.75. The number of rotatable bonds is 6. The Kier molecular flexibility index (Phi) is 7.27. The molecule has 4 heterocycles. The Morgan fingerprint density at radius 1 is 1.21 bits per heavy atom. The summed E-state index contributed by atoms with van der Waals surface area (Å²) in [5, 5.41) is 5.81. The molecule has 0 spiro atoms. The lowest BCUT2D eigenvalue weighted by atomic mass is 10.1. The molecule has 10 heteroatoms. The van der Waals surface area contributed by atoms with Crippen LogP contribution in [0.1, 0.15) is 52.6 Å². The number of methoxy groups -OCH3 is 1. The van der Waals surface area contributed by atoms with Crippen molar-refractivity contribution in [3.8, 4) is 0 Å². The number of esters is 1. The molecule has 0 bridgehead atoms. The zero-order valence-corrected chi connectivity index (χ0v) is 21.1. The number of amides is 1. The molecule has 1 fully saturated rings. The van der Waals surface area contributed by atoms with Crippen molar-refractivity contribution < 1.29 is 18.7 Å². The lowest BCUT2D eigenvalue weighted by Crippen LogP contribution is -2.35. The van der Waals surface area contributed by atoms with E-state index in [2.05, 4.69) is 28.8 Å². The number of aromatic nitrogens is 3. The number of ether oxygens (including phenoxy) is 1. The van der Waals surface area contributed by atoms with Crippen molar-refractivity contribution in [3.63, 3.8) is 0 Å². The first-order valence-corrected chi connectivity index (χ1v) is 12.3. The van der Waals surface area contributed by atoms with Gasteiger partial charge in [-0.1, -0.05) is 13.8 Å². The summed E-state index contributed by atoms with van der Waals surface area (Å²) in [5.41, 5.74) is 2.32. The number of hydrogen-bond acceptors (Lipinski definition) is 8. The second-order valence-corrected chi connectivity index (χ2v) is 10.3. The predicted octanol–water partition coefficient (Wildman–Crippen LogP) is 3.50. The monoisotopic (exact) mass is 485 g/mol. The highest BCUT2D eigenvalue weighted by Crippen LogP contribution is 2.35. The number of fused-ring (bicyclic) bond motifs is 1. The fourth-order valence-corrected chi connectivity index (χ4v) is 5.38. The van der Waals surface area contributed by atoms with Gasteiger partial charge in [-0.25, -0.2) is 9.78 Å². The fourth-order valence-electron chi connectivity index (χ4n) is 4.29. The Balaban J connectivity index is 1.51. The third-order valence-corrected chi connectivity index (χ3v) is 7.00. The third kappa shape index (κ3) is 4.97. The van der Waals surface area contributed by atoms with Gasteiger partial charge in [-0.05, 0) is 25.5 Å². The molecular weight excluding hydrogens is 454 g/mol. The predicted molar refractivity (Wildman–Crippen MR) is 130 cm³/mol. The minimum atomic E-state index is -0.483. The number of carbonyl (C=O) groups excluding carboxylic acids is 2. The van der Waals surface area contributed by atoms with Crippen LogP contribution in [0.3, 0.4) is 0 Å². The molecule has 3 aromatic rings. The van der Waals surface area contributed by atoms with E-state index >= 15 is 0 Å². The van der Waals surface area contributed by atoms with Gasteiger partial charge in [-0.15, -0.1) is 11.8 Å². The van der Waals surface area contributed by atoms with Gasteiger partial charge in [0, 0.05) is 49.6 Å². The van der Waals surface area contributed by atoms with Crippen molar-refractivity contribution in [3.05, 3.63) is 41.1 Å². The van der Waals surface area contributed by atoms with E-state index in [1.165, 1.54) is 7.11 Å². The zero-order chi connectivity index (χ0) is 24.4. The van der Waals surface area contributed by atoms with Crippen molar-refractivity contribution >= 4 is 34.7 Å². The first-order chi connectivity index (χ1) is 16.3. The number of furan rings is 1. The van der Waals surface area contributed by atoms with Crippen LogP contribution in [0.4, 0.5) is 0 Å². The van der Waals surface area contributed by atoms with Gasteiger partial charge >= 0.3 is 5.97 Å². The molecule has 1 aliphatic rings. The number of aryl methyl sites for hydroxylation is 2. The van der Waals surface area contributed by atoms with Crippen molar-refractivity contribution in [1.29, 1.82) is 0 Å². The van der Waals surface area contributed by atoms with Gasteiger partial charge in [0.05, 0.1) is 30.3 Å². The van der Waals surface area contributed by atoms with Crippen LogP contribution in [0.15, 0.2) is 27.6 Å². The molecule has 9 nitrogen and oxygen atoms in total. The molecule has 34 heavy (non-hydrogen) atoms. The summed E-state index contributed by atoms with van der Waals surface area (Å²) >= 11 is 1.69. The van der Waals surface area contributed by atoms with Crippen LogP contribution in [0.25, 0.3) is 11.0 Å². The molecule has 0 unspecified atom stereocenters. The van der Waals surface area contributed by atoms with Gasteiger partial charge in [-0.2, -0.15) is 5.10 Å². The standard InChI is InChI=1S/C24H31N5O4S/c1-15(2)34-21-18(13-25-22-20(21)16(3)26-27(22)4)23(30)29-10-6-9-28(11-12-29)14-17-7-8-19(33-17)24(31)32-5/h7-8,13,15H,6,9-12,14H2,1-5H3. The molecule has 4 rings (SSSR count). The maximum atomic E-state index is 13.6. The van der Waals surface area contributed by atoms with Crippen molar-refractivity contribution in [2.75, 3.05) is 33.3 Å². The van der Waals surface area contributed by atoms with Crippen LogP contribution in [-0.2, 0) is 18.3 Å². The summed E-state index contributed by atoms with van der Waals surface area (Å²) in [5.74, 6) is 0.433. The highest BCUT2D eigenvalue weighted by Gasteiger charge is 2.26. The summed E-state index contributed by atoms with van der Waals surface area (Å²) in [7, 11) is 3.21. The van der Waals surface area contributed by atoms with Crippen LogP contribution in [0.5, 0.6) is 0 Å². The van der Waals surface area contributed by atoms with Crippen LogP contribution in [0.2, 0.25) is 0 Å². The second kappa shape index (κ2) is 10.2. The van der Waals surface area contributed by atoms with Crippen LogP contribution in [-0.4, -0.2) is 75.0 Å². The largest absolute Gasteiger partial charge is 0.463 e. The summed E-state index contributed by atoms with van der Waals surface area (Å²) in [6.45, 7) is 9.64. The lowest BCUT2D eigenvalue weighted by Gasteiger charge is -2.23. The van der Waals surface area contributed by atoms with Gasteiger partial charge in [0.1, 0.15) is 5.76 Å². The first-order valence-electron chi connectivity index (χ1n) is 11.5. The Hall–Kier alpha value is -2.85. The van der Waals surface area contributed by atoms with Crippen molar-refractivity contribution in [1.82, 2.24) is 24.6 Å². The zero-order valence-electron chi connectivity index (χ0n) is 20.3. The summed E-state index contributed by atoms with van der Waals surface area (Å²) < 4.78 is 12.1. The smallest absolute Gasteiger partial charge is 0.373 e. The molecule has 0 radical (unpaired) electrons. The van der Waals surface area contributed by atoms with Crippen LogP contribution in [0, 0.1) is 6.92 Å². The summed E-state index contributed by atoms with van der Waals surface area (Å²) in [6, 6.07) is 3.43. The van der Waals surface area contributed by atoms with Crippen molar-refractivity contribution in [2.24, 2.45) is 7.05 Å². The number of pyridine rings is 1. The Bertz CT molecular complexity index is 1200. The van der Waals surface area contributed by atoms with Crippen LogP contribution < -0.4 is 0 Å². The minimum absolute atomic E-state index is 0.00799. The van der Waals surface area contributed by atoms with E-state index in [9.17, 15) is 9.59 Å². The van der Waals surface area contributed by atoms with Gasteiger partial charge in [-0.3, -0.25) is 14.4 Å². The highest BCUT2D eigenvalue weighted by atomic mass is 32.2. The number of hydrogen-bond donors (Lipinski definition) is 0. The van der Waals surface area contributed by atoms with E-state index in [1.54, 1.807) is 34.8 Å².